The molecule has 2 saturated heterocycles. The zero-order chi connectivity index (χ0) is 18.0. The highest BCUT2D eigenvalue weighted by Crippen LogP contribution is 2.59. The summed E-state index contributed by atoms with van der Waals surface area (Å²) in [5.41, 5.74) is 0.315. The average Bonchev–Trinajstić information content (AvgIpc) is 3.39. The van der Waals surface area contributed by atoms with E-state index in [0.717, 1.165) is 70.9 Å². The van der Waals surface area contributed by atoms with Gasteiger partial charge >= 0.3 is 0 Å². The molecular formula is C21H35N3O2. The first kappa shape index (κ1) is 18.3. The van der Waals surface area contributed by atoms with Crippen LogP contribution < -0.4 is 5.32 Å². The Morgan fingerprint density at radius 2 is 1.58 bits per heavy atom. The molecule has 0 bridgehead atoms. The zero-order valence-electron chi connectivity index (χ0n) is 16.2. The lowest BCUT2D eigenvalue weighted by atomic mass is 9.86. The second-order valence-corrected chi connectivity index (χ2v) is 9.12. The molecule has 2 saturated carbocycles. The van der Waals surface area contributed by atoms with Crippen molar-refractivity contribution in [2.75, 3.05) is 39.3 Å². The number of nitrogens with zero attached hydrogens (tertiary/aromatic N) is 2. The zero-order valence-corrected chi connectivity index (χ0v) is 16.2. The average molecular weight is 362 g/mol. The van der Waals surface area contributed by atoms with Gasteiger partial charge in [0.2, 0.25) is 11.8 Å². The minimum atomic E-state index is 0.262. The monoisotopic (exact) mass is 361 g/mol. The quantitative estimate of drug-likeness (QED) is 0.837. The Morgan fingerprint density at radius 3 is 2.27 bits per heavy atom. The van der Waals surface area contributed by atoms with Gasteiger partial charge < -0.3 is 15.1 Å². The van der Waals surface area contributed by atoms with Crippen LogP contribution in [0.1, 0.15) is 64.2 Å². The van der Waals surface area contributed by atoms with Crippen molar-refractivity contribution in [3.05, 3.63) is 0 Å². The Balaban J connectivity index is 1.19. The molecule has 2 aliphatic carbocycles. The molecule has 4 aliphatic rings. The molecule has 1 N–H and O–H groups in total. The molecule has 26 heavy (non-hydrogen) atoms. The molecule has 1 spiro atoms. The highest BCUT2D eigenvalue weighted by molar-refractivity contribution is 5.83. The maximum absolute atomic E-state index is 12.8. The van der Waals surface area contributed by atoms with Crippen LogP contribution in [0.3, 0.4) is 0 Å². The molecule has 5 nitrogen and oxygen atoms in total. The van der Waals surface area contributed by atoms with Gasteiger partial charge in [0, 0.05) is 38.5 Å². The number of rotatable bonds is 4. The Labute approximate surface area is 157 Å². The molecule has 0 aromatic rings. The third kappa shape index (κ3) is 3.92. The predicted octanol–water partition coefficient (Wildman–Crippen LogP) is 2.41. The van der Waals surface area contributed by atoms with Crippen LogP contribution in [0.15, 0.2) is 0 Å². The lowest BCUT2D eigenvalue weighted by molar-refractivity contribution is -0.141. The Kier molecular flexibility index (Phi) is 5.53. The summed E-state index contributed by atoms with van der Waals surface area (Å²) >= 11 is 0. The summed E-state index contributed by atoms with van der Waals surface area (Å²) < 4.78 is 0. The van der Waals surface area contributed by atoms with E-state index in [4.69, 9.17) is 0 Å². The molecule has 0 radical (unpaired) electrons. The molecule has 146 valence electrons. The lowest BCUT2D eigenvalue weighted by Crippen LogP contribution is -2.51. The van der Waals surface area contributed by atoms with E-state index in [2.05, 4.69) is 5.32 Å². The van der Waals surface area contributed by atoms with Gasteiger partial charge in [-0.25, -0.2) is 0 Å². The molecule has 4 rings (SSSR count). The van der Waals surface area contributed by atoms with E-state index in [-0.39, 0.29) is 5.92 Å². The number of amides is 2. The first-order chi connectivity index (χ1) is 12.7. The largest absolute Gasteiger partial charge is 0.339 e. The molecular weight excluding hydrogens is 326 g/mol. The predicted molar refractivity (Wildman–Crippen MR) is 102 cm³/mol. The summed E-state index contributed by atoms with van der Waals surface area (Å²) in [5, 5.41) is 3.40. The molecule has 0 aromatic carbocycles. The topological polar surface area (TPSA) is 52.7 Å². The van der Waals surface area contributed by atoms with Crippen LogP contribution in [0.25, 0.3) is 0 Å². The van der Waals surface area contributed by atoms with Crippen LogP contribution >= 0.6 is 0 Å². The number of piperazine rings is 1. The first-order valence-electron chi connectivity index (χ1n) is 11.0. The molecule has 1 unspecified atom stereocenters. The summed E-state index contributed by atoms with van der Waals surface area (Å²) in [5.74, 6) is 1.70. The summed E-state index contributed by atoms with van der Waals surface area (Å²) in [4.78, 5) is 29.4. The summed E-state index contributed by atoms with van der Waals surface area (Å²) in [7, 11) is 0. The van der Waals surface area contributed by atoms with E-state index in [9.17, 15) is 9.59 Å². The van der Waals surface area contributed by atoms with E-state index >= 15 is 0 Å². The van der Waals surface area contributed by atoms with Crippen LogP contribution in [-0.4, -0.2) is 60.9 Å². The minimum absolute atomic E-state index is 0.262. The van der Waals surface area contributed by atoms with Crippen molar-refractivity contribution in [1.82, 2.24) is 15.1 Å². The molecule has 2 heterocycles. The molecule has 2 aliphatic heterocycles. The third-order valence-corrected chi connectivity index (χ3v) is 7.52. The summed E-state index contributed by atoms with van der Waals surface area (Å²) in [6.45, 7) is 5.06. The van der Waals surface area contributed by atoms with Crippen molar-refractivity contribution >= 4 is 11.8 Å². The fourth-order valence-corrected chi connectivity index (χ4v) is 5.53. The van der Waals surface area contributed by atoms with Gasteiger partial charge in [0.25, 0.3) is 0 Å². The summed E-state index contributed by atoms with van der Waals surface area (Å²) in [6.07, 6.45) is 11.9. The molecule has 5 heteroatoms. The lowest BCUT2D eigenvalue weighted by Gasteiger charge is -2.36. The highest BCUT2D eigenvalue weighted by Gasteiger charge is 2.58. The fraction of sp³-hybridized carbons (Fsp3) is 0.905. The maximum Gasteiger partial charge on any atom is 0.226 e. The van der Waals surface area contributed by atoms with E-state index in [1.807, 2.05) is 9.80 Å². The first-order valence-corrected chi connectivity index (χ1v) is 11.0. The molecule has 2 amide bonds. The second-order valence-electron chi connectivity index (χ2n) is 9.12. The molecule has 1 atom stereocenters. The van der Waals surface area contributed by atoms with Crippen molar-refractivity contribution < 1.29 is 9.59 Å². The van der Waals surface area contributed by atoms with Gasteiger partial charge in [0.1, 0.15) is 0 Å². The van der Waals surface area contributed by atoms with Gasteiger partial charge in [0.15, 0.2) is 0 Å². The van der Waals surface area contributed by atoms with E-state index in [0.29, 0.717) is 23.7 Å². The smallest absolute Gasteiger partial charge is 0.226 e. The van der Waals surface area contributed by atoms with Crippen molar-refractivity contribution in [2.45, 2.75) is 64.2 Å². The van der Waals surface area contributed by atoms with Crippen LogP contribution in [-0.2, 0) is 9.59 Å². The fourth-order valence-electron chi connectivity index (χ4n) is 5.53. The number of piperidine rings is 1. The van der Waals surface area contributed by atoms with Crippen LogP contribution in [0, 0.1) is 17.3 Å². The van der Waals surface area contributed by atoms with Crippen molar-refractivity contribution in [1.29, 1.82) is 0 Å². The second kappa shape index (κ2) is 7.87. The summed E-state index contributed by atoms with van der Waals surface area (Å²) in [6, 6.07) is 0. The number of hydrogen-bond acceptors (Lipinski definition) is 3. The van der Waals surface area contributed by atoms with Gasteiger partial charge in [0.05, 0.1) is 0 Å². The van der Waals surface area contributed by atoms with E-state index in [1.54, 1.807) is 0 Å². The number of carbonyl (C=O) groups is 2. The number of nitrogens with one attached hydrogen (secondary N) is 1. The van der Waals surface area contributed by atoms with Crippen molar-refractivity contribution in [2.24, 2.45) is 17.3 Å². The number of carbonyl (C=O) groups excluding carboxylic acids is 2. The molecule has 0 aromatic heterocycles. The van der Waals surface area contributed by atoms with Crippen LogP contribution in [0.4, 0.5) is 0 Å². The Morgan fingerprint density at radius 1 is 0.923 bits per heavy atom. The maximum atomic E-state index is 12.8. The Hall–Kier alpha value is -1.10. The van der Waals surface area contributed by atoms with Gasteiger partial charge in [-0.15, -0.1) is 0 Å². The highest BCUT2D eigenvalue weighted by atomic mass is 16.2. The van der Waals surface area contributed by atoms with Crippen LogP contribution in [0.5, 0.6) is 0 Å². The third-order valence-electron chi connectivity index (χ3n) is 7.52. The van der Waals surface area contributed by atoms with Gasteiger partial charge in [-0.1, -0.05) is 32.1 Å². The van der Waals surface area contributed by atoms with Crippen molar-refractivity contribution in [3.63, 3.8) is 0 Å². The van der Waals surface area contributed by atoms with Gasteiger partial charge in [-0.3, -0.25) is 9.59 Å². The van der Waals surface area contributed by atoms with E-state index in [1.165, 1.54) is 32.1 Å². The minimum Gasteiger partial charge on any atom is -0.339 e. The SMILES string of the molecule is O=C(CCC1CCCCC1)N1CCN(C(=O)C2CC23CCNCC3)CC1. The number of hydrogen-bond donors (Lipinski definition) is 1. The van der Waals surface area contributed by atoms with Gasteiger partial charge in [-0.05, 0) is 50.1 Å². The van der Waals surface area contributed by atoms with Crippen LogP contribution in [0.2, 0.25) is 0 Å². The Bertz CT molecular complexity index is 515. The van der Waals surface area contributed by atoms with Crippen molar-refractivity contribution in [3.8, 4) is 0 Å². The van der Waals surface area contributed by atoms with E-state index < -0.39 is 0 Å². The van der Waals surface area contributed by atoms with Gasteiger partial charge in [-0.2, -0.15) is 0 Å². The molecule has 4 fully saturated rings. The standard InChI is InChI=1S/C21H35N3O2/c25-19(7-6-17-4-2-1-3-5-17)23-12-14-24(15-13-23)20(26)18-16-21(18)8-10-22-11-9-21/h17-18,22H,1-16H2. The normalized spacial score (nSPS) is 29.0.